The molecule has 0 bridgehead atoms. The minimum absolute atomic E-state index is 0.0397. The summed E-state index contributed by atoms with van der Waals surface area (Å²) >= 11 is 1.41. The SMILES string of the molecule is Cc1ccc(NC(=O)[C@@H](C)Sc2nncn2C(C)C)cc1. The van der Waals surface area contributed by atoms with Crippen LogP contribution >= 0.6 is 11.8 Å². The third-order valence-corrected chi connectivity index (χ3v) is 4.14. The van der Waals surface area contributed by atoms with E-state index in [-0.39, 0.29) is 17.2 Å². The zero-order valence-corrected chi connectivity index (χ0v) is 13.5. The number of amides is 1. The number of nitrogens with zero attached hydrogens (tertiary/aromatic N) is 3. The van der Waals surface area contributed by atoms with Crippen molar-refractivity contribution in [2.75, 3.05) is 5.32 Å². The van der Waals surface area contributed by atoms with Gasteiger partial charge in [0.15, 0.2) is 5.16 Å². The molecule has 21 heavy (non-hydrogen) atoms. The van der Waals surface area contributed by atoms with Crippen LogP contribution in [0.3, 0.4) is 0 Å². The summed E-state index contributed by atoms with van der Waals surface area (Å²) in [5.41, 5.74) is 1.98. The van der Waals surface area contributed by atoms with E-state index in [1.807, 2.05) is 42.7 Å². The van der Waals surface area contributed by atoms with Crippen molar-refractivity contribution in [1.82, 2.24) is 14.8 Å². The molecule has 6 heteroatoms. The Labute approximate surface area is 129 Å². The number of carbonyl (C=O) groups excluding carboxylic acids is 1. The first-order chi connectivity index (χ1) is 9.97. The molecule has 0 spiro atoms. The molecule has 0 fully saturated rings. The minimum Gasteiger partial charge on any atom is -0.325 e. The summed E-state index contributed by atoms with van der Waals surface area (Å²) in [5, 5.41) is 11.4. The van der Waals surface area contributed by atoms with Gasteiger partial charge >= 0.3 is 0 Å². The number of hydrogen-bond acceptors (Lipinski definition) is 4. The molecule has 1 aromatic carbocycles. The standard InChI is InChI=1S/C15H20N4OS/c1-10(2)19-9-16-18-15(19)21-12(4)14(20)17-13-7-5-11(3)6-8-13/h5-10,12H,1-4H3,(H,17,20)/t12-/m1/s1. The highest BCUT2D eigenvalue weighted by atomic mass is 32.2. The lowest BCUT2D eigenvalue weighted by Crippen LogP contribution is -2.23. The first kappa shape index (κ1) is 15.6. The van der Waals surface area contributed by atoms with Crippen LogP contribution < -0.4 is 5.32 Å². The smallest absolute Gasteiger partial charge is 0.237 e. The van der Waals surface area contributed by atoms with E-state index in [9.17, 15) is 4.79 Å². The summed E-state index contributed by atoms with van der Waals surface area (Å²) in [6.45, 7) is 8.01. The fraction of sp³-hybridized carbons (Fsp3) is 0.400. The van der Waals surface area contributed by atoms with Gasteiger partial charge in [0.1, 0.15) is 6.33 Å². The number of nitrogens with one attached hydrogen (secondary N) is 1. The summed E-state index contributed by atoms with van der Waals surface area (Å²) in [6.07, 6.45) is 1.69. The van der Waals surface area contributed by atoms with Crippen LogP contribution in [0.2, 0.25) is 0 Å². The third kappa shape index (κ3) is 4.07. The average molecular weight is 304 g/mol. The van der Waals surface area contributed by atoms with Crippen molar-refractivity contribution in [3.05, 3.63) is 36.2 Å². The quantitative estimate of drug-likeness (QED) is 0.861. The Hall–Kier alpha value is -1.82. The van der Waals surface area contributed by atoms with Crippen molar-refractivity contribution < 1.29 is 4.79 Å². The Bertz CT molecular complexity index is 606. The second-order valence-corrected chi connectivity index (χ2v) is 6.54. The van der Waals surface area contributed by atoms with Crippen molar-refractivity contribution >= 4 is 23.4 Å². The molecule has 1 amide bonds. The highest BCUT2D eigenvalue weighted by Gasteiger charge is 2.18. The van der Waals surface area contributed by atoms with Gasteiger partial charge in [-0.25, -0.2) is 0 Å². The molecule has 2 rings (SSSR count). The van der Waals surface area contributed by atoms with E-state index < -0.39 is 0 Å². The van der Waals surface area contributed by atoms with E-state index in [1.165, 1.54) is 17.3 Å². The Morgan fingerprint density at radius 3 is 2.52 bits per heavy atom. The van der Waals surface area contributed by atoms with Gasteiger partial charge < -0.3 is 9.88 Å². The third-order valence-electron chi connectivity index (χ3n) is 3.07. The van der Waals surface area contributed by atoms with Crippen molar-refractivity contribution in [2.45, 2.75) is 44.1 Å². The van der Waals surface area contributed by atoms with Crippen LogP contribution in [0.25, 0.3) is 0 Å². The molecule has 0 saturated heterocycles. The molecule has 1 atom stereocenters. The molecule has 0 radical (unpaired) electrons. The normalized spacial score (nSPS) is 12.4. The molecule has 0 aliphatic heterocycles. The molecule has 5 nitrogen and oxygen atoms in total. The van der Waals surface area contributed by atoms with Gasteiger partial charge in [-0.1, -0.05) is 29.5 Å². The van der Waals surface area contributed by atoms with Gasteiger partial charge in [-0.15, -0.1) is 10.2 Å². The van der Waals surface area contributed by atoms with Crippen molar-refractivity contribution in [2.24, 2.45) is 0 Å². The van der Waals surface area contributed by atoms with Crippen LogP contribution in [0, 0.1) is 6.92 Å². The lowest BCUT2D eigenvalue weighted by molar-refractivity contribution is -0.115. The number of thioether (sulfide) groups is 1. The monoisotopic (exact) mass is 304 g/mol. The number of aryl methyl sites for hydroxylation is 1. The predicted octanol–water partition coefficient (Wildman–Crippen LogP) is 3.29. The molecule has 1 aromatic heterocycles. The molecule has 112 valence electrons. The molecule has 0 aliphatic rings. The zero-order valence-electron chi connectivity index (χ0n) is 12.7. The predicted molar refractivity (Wildman–Crippen MR) is 85.5 cm³/mol. The van der Waals surface area contributed by atoms with Crippen LogP contribution in [0.15, 0.2) is 35.7 Å². The molecule has 1 heterocycles. The van der Waals surface area contributed by atoms with Gasteiger partial charge in [0.05, 0.1) is 5.25 Å². The lowest BCUT2D eigenvalue weighted by Gasteiger charge is -2.14. The van der Waals surface area contributed by atoms with Crippen molar-refractivity contribution in [1.29, 1.82) is 0 Å². The Morgan fingerprint density at radius 1 is 1.24 bits per heavy atom. The number of carbonyl (C=O) groups is 1. The highest BCUT2D eigenvalue weighted by molar-refractivity contribution is 8.00. The maximum Gasteiger partial charge on any atom is 0.237 e. The molecule has 1 N–H and O–H groups in total. The summed E-state index contributed by atoms with van der Waals surface area (Å²) in [6, 6.07) is 8.03. The molecular formula is C15H20N4OS. The summed E-state index contributed by atoms with van der Waals surface area (Å²) < 4.78 is 1.96. The fourth-order valence-electron chi connectivity index (χ4n) is 1.76. The first-order valence-electron chi connectivity index (χ1n) is 6.91. The van der Waals surface area contributed by atoms with Crippen LogP contribution in [0.4, 0.5) is 5.69 Å². The number of hydrogen-bond donors (Lipinski definition) is 1. The Morgan fingerprint density at radius 2 is 1.90 bits per heavy atom. The molecule has 0 aliphatic carbocycles. The molecular weight excluding hydrogens is 284 g/mol. The minimum atomic E-state index is -0.243. The number of benzene rings is 1. The van der Waals surface area contributed by atoms with Crippen LogP contribution in [-0.4, -0.2) is 25.9 Å². The fourth-order valence-corrected chi connectivity index (χ4v) is 2.72. The van der Waals surface area contributed by atoms with Crippen LogP contribution in [0.1, 0.15) is 32.4 Å². The molecule has 0 saturated carbocycles. The molecule has 0 unspecified atom stereocenters. The van der Waals surface area contributed by atoms with Crippen LogP contribution in [0.5, 0.6) is 0 Å². The summed E-state index contributed by atoms with van der Waals surface area (Å²) in [5.74, 6) is -0.0397. The topological polar surface area (TPSA) is 59.8 Å². The molecule has 2 aromatic rings. The van der Waals surface area contributed by atoms with E-state index in [1.54, 1.807) is 6.33 Å². The zero-order chi connectivity index (χ0) is 15.4. The van der Waals surface area contributed by atoms with Crippen molar-refractivity contribution in [3.8, 4) is 0 Å². The van der Waals surface area contributed by atoms with E-state index in [2.05, 4.69) is 29.4 Å². The van der Waals surface area contributed by atoms with Gasteiger partial charge in [0.2, 0.25) is 5.91 Å². The van der Waals surface area contributed by atoms with Crippen LogP contribution in [-0.2, 0) is 4.79 Å². The lowest BCUT2D eigenvalue weighted by atomic mass is 10.2. The van der Waals surface area contributed by atoms with E-state index in [0.717, 1.165) is 10.8 Å². The van der Waals surface area contributed by atoms with Gasteiger partial charge in [0.25, 0.3) is 0 Å². The maximum absolute atomic E-state index is 12.2. The highest BCUT2D eigenvalue weighted by Crippen LogP contribution is 2.24. The second-order valence-electron chi connectivity index (χ2n) is 5.23. The largest absolute Gasteiger partial charge is 0.325 e. The van der Waals surface area contributed by atoms with Gasteiger partial charge in [0, 0.05) is 11.7 Å². The number of rotatable bonds is 5. The van der Waals surface area contributed by atoms with E-state index >= 15 is 0 Å². The van der Waals surface area contributed by atoms with Gasteiger partial charge in [-0.05, 0) is 39.8 Å². The first-order valence-corrected chi connectivity index (χ1v) is 7.79. The van der Waals surface area contributed by atoms with Crippen molar-refractivity contribution in [3.63, 3.8) is 0 Å². The average Bonchev–Trinajstić information content (AvgIpc) is 2.89. The summed E-state index contributed by atoms with van der Waals surface area (Å²) in [4.78, 5) is 12.2. The Kier molecular flexibility index (Phi) is 5.01. The second kappa shape index (κ2) is 6.76. The van der Waals surface area contributed by atoms with Gasteiger partial charge in [-0.3, -0.25) is 4.79 Å². The van der Waals surface area contributed by atoms with E-state index in [0.29, 0.717) is 0 Å². The van der Waals surface area contributed by atoms with Gasteiger partial charge in [-0.2, -0.15) is 0 Å². The Balaban J connectivity index is 1.99. The summed E-state index contributed by atoms with van der Waals surface area (Å²) in [7, 11) is 0. The maximum atomic E-state index is 12.2. The van der Waals surface area contributed by atoms with E-state index in [4.69, 9.17) is 0 Å². The number of anilines is 1. The number of aromatic nitrogens is 3.